The van der Waals surface area contributed by atoms with Crippen molar-refractivity contribution < 1.29 is 27.4 Å². The van der Waals surface area contributed by atoms with Crippen LogP contribution in [0.1, 0.15) is 17.2 Å². The lowest BCUT2D eigenvalue weighted by molar-refractivity contribution is -0.171. The van der Waals surface area contributed by atoms with Gasteiger partial charge in [-0.15, -0.1) is 4.31 Å². The molecule has 0 N–H and O–H groups in total. The van der Waals surface area contributed by atoms with E-state index >= 15 is 0 Å². The van der Waals surface area contributed by atoms with Gasteiger partial charge in [0.25, 0.3) is 0 Å². The number of rotatable bonds is 6. The van der Waals surface area contributed by atoms with Crippen LogP contribution in [0.4, 0.5) is 0 Å². The highest BCUT2D eigenvalue weighted by Gasteiger charge is 2.63. The number of hydrogen-bond acceptors (Lipinski definition) is 6. The molecule has 1 fully saturated rings. The van der Waals surface area contributed by atoms with E-state index in [1.165, 1.54) is 17.5 Å². The quantitative estimate of drug-likeness (QED) is 0.503. The topological polar surface area (TPSA) is 82.1 Å². The molecule has 5 rings (SSSR count). The first-order valence-corrected chi connectivity index (χ1v) is 12.2. The van der Waals surface area contributed by atoms with Gasteiger partial charge in [-0.05, 0) is 17.7 Å². The molecule has 0 bridgehead atoms. The maximum Gasteiger partial charge on any atom is 0.335 e. The van der Waals surface area contributed by atoms with E-state index in [0.29, 0.717) is 5.56 Å². The van der Waals surface area contributed by atoms with Crippen LogP contribution in [0.25, 0.3) is 0 Å². The summed E-state index contributed by atoms with van der Waals surface area (Å²) in [6.07, 6.45) is 0.0848. The summed E-state index contributed by atoms with van der Waals surface area (Å²) in [5.41, 5.74) is -0.410. The summed E-state index contributed by atoms with van der Waals surface area (Å²) in [6, 6.07) is 25.7. The second-order valence-electron chi connectivity index (χ2n) is 7.98. The fraction of sp³-hybridized carbons (Fsp3) is 0.192. The number of nitrogens with zero attached hydrogens (tertiary/aromatic N) is 1. The molecule has 34 heavy (non-hydrogen) atoms. The minimum atomic E-state index is -4.14. The van der Waals surface area contributed by atoms with E-state index < -0.39 is 33.9 Å². The minimum Gasteiger partial charge on any atom is -0.497 e. The number of cyclic esters (lactones) is 1. The summed E-state index contributed by atoms with van der Waals surface area (Å²) in [6.45, 7) is 0.0516. The molecule has 0 saturated carbocycles. The molecule has 7 nitrogen and oxygen atoms in total. The predicted molar refractivity (Wildman–Crippen MR) is 124 cm³/mol. The Hall–Kier alpha value is -3.46. The van der Waals surface area contributed by atoms with Crippen molar-refractivity contribution in [3.05, 3.63) is 114 Å². The van der Waals surface area contributed by atoms with Gasteiger partial charge < -0.3 is 14.2 Å². The van der Waals surface area contributed by atoms with Crippen molar-refractivity contribution >= 4 is 16.0 Å². The standard InChI is InChI=1S/C26H23NO6S/c1-31-23-17-24(28)33-25(23)26(20-13-7-3-8-14-20)27(34(29,30)21-15-9-4-10-16-21)22(18-32-26)19-11-5-2-6-12-19/h2-17,22,25H,18H2,1H3/t22-,25-,26+/m0/s1. The summed E-state index contributed by atoms with van der Waals surface area (Å²) >= 11 is 0. The van der Waals surface area contributed by atoms with Crippen molar-refractivity contribution in [2.45, 2.75) is 22.8 Å². The third-order valence-corrected chi connectivity index (χ3v) is 8.00. The van der Waals surface area contributed by atoms with Crippen molar-refractivity contribution in [3.63, 3.8) is 0 Å². The molecule has 0 spiro atoms. The van der Waals surface area contributed by atoms with Crippen LogP contribution in [-0.4, -0.2) is 38.5 Å². The zero-order chi connectivity index (χ0) is 23.8. The second-order valence-corrected chi connectivity index (χ2v) is 9.80. The maximum atomic E-state index is 14.3. The Morgan fingerprint density at radius 2 is 1.50 bits per heavy atom. The van der Waals surface area contributed by atoms with Crippen LogP contribution in [0.2, 0.25) is 0 Å². The number of benzene rings is 3. The molecule has 3 aromatic rings. The zero-order valence-electron chi connectivity index (χ0n) is 18.4. The molecule has 2 aliphatic heterocycles. The van der Waals surface area contributed by atoms with E-state index in [-0.39, 0.29) is 17.3 Å². The number of carbonyl (C=O) groups excluding carboxylic acids is 1. The lowest BCUT2D eigenvalue weighted by Gasteiger charge is -2.41. The van der Waals surface area contributed by atoms with Crippen molar-refractivity contribution in [3.8, 4) is 0 Å². The van der Waals surface area contributed by atoms with Gasteiger partial charge in [0, 0.05) is 5.56 Å². The number of carbonyl (C=O) groups is 1. The number of hydrogen-bond donors (Lipinski definition) is 0. The molecular formula is C26H23NO6S. The first kappa shape index (κ1) is 22.3. The lowest BCUT2D eigenvalue weighted by atomic mass is 9.95. The Labute approximate surface area is 198 Å². The molecule has 0 aliphatic carbocycles. The van der Waals surface area contributed by atoms with E-state index in [1.54, 1.807) is 54.6 Å². The van der Waals surface area contributed by atoms with Crippen LogP contribution >= 0.6 is 0 Å². The Morgan fingerprint density at radius 3 is 2.12 bits per heavy atom. The van der Waals surface area contributed by atoms with E-state index in [0.717, 1.165) is 5.56 Å². The number of methoxy groups -OCH3 is 1. The normalized spacial score (nSPS) is 25.1. The first-order valence-electron chi connectivity index (χ1n) is 10.8. The molecule has 174 valence electrons. The van der Waals surface area contributed by atoms with E-state index in [4.69, 9.17) is 14.2 Å². The Balaban J connectivity index is 1.79. The van der Waals surface area contributed by atoms with Gasteiger partial charge in [-0.2, -0.15) is 0 Å². The molecule has 8 heteroatoms. The van der Waals surface area contributed by atoms with Gasteiger partial charge >= 0.3 is 5.97 Å². The molecule has 2 aliphatic rings. The molecule has 0 amide bonds. The van der Waals surface area contributed by atoms with E-state index in [2.05, 4.69) is 0 Å². The average molecular weight is 478 g/mol. The van der Waals surface area contributed by atoms with Gasteiger partial charge in [0.15, 0.2) is 0 Å². The summed E-state index contributed by atoms with van der Waals surface area (Å²) in [5.74, 6) is -0.434. The predicted octanol–water partition coefficient (Wildman–Crippen LogP) is 3.76. The second kappa shape index (κ2) is 8.72. The van der Waals surface area contributed by atoms with Crippen LogP contribution in [0.15, 0.2) is 108 Å². The van der Waals surface area contributed by atoms with E-state index in [1.807, 2.05) is 36.4 Å². The van der Waals surface area contributed by atoms with Crippen LogP contribution in [0.3, 0.4) is 0 Å². The highest BCUT2D eigenvalue weighted by atomic mass is 32.2. The Bertz CT molecular complexity index is 1310. The number of esters is 1. The van der Waals surface area contributed by atoms with Crippen LogP contribution < -0.4 is 0 Å². The first-order chi connectivity index (χ1) is 16.5. The van der Waals surface area contributed by atoms with Gasteiger partial charge in [0.2, 0.25) is 21.9 Å². The van der Waals surface area contributed by atoms with Gasteiger partial charge in [0.1, 0.15) is 5.76 Å². The molecule has 3 aromatic carbocycles. The van der Waals surface area contributed by atoms with Crippen molar-refractivity contribution in [2.24, 2.45) is 0 Å². The molecule has 0 aromatic heterocycles. The largest absolute Gasteiger partial charge is 0.497 e. The summed E-state index contributed by atoms with van der Waals surface area (Å²) in [5, 5.41) is 0. The van der Waals surface area contributed by atoms with Crippen LogP contribution in [-0.2, 0) is 34.8 Å². The summed E-state index contributed by atoms with van der Waals surface area (Å²) < 4.78 is 47.5. The molecule has 2 heterocycles. The van der Waals surface area contributed by atoms with Gasteiger partial charge in [-0.3, -0.25) is 0 Å². The third-order valence-electron chi connectivity index (χ3n) is 6.09. The number of ether oxygens (including phenoxy) is 3. The fourth-order valence-electron chi connectivity index (χ4n) is 4.60. The van der Waals surface area contributed by atoms with Crippen LogP contribution in [0.5, 0.6) is 0 Å². The zero-order valence-corrected chi connectivity index (χ0v) is 19.2. The van der Waals surface area contributed by atoms with Crippen LogP contribution in [0, 0.1) is 0 Å². The van der Waals surface area contributed by atoms with Gasteiger partial charge in [-0.25, -0.2) is 13.2 Å². The molecule has 1 saturated heterocycles. The lowest BCUT2D eigenvalue weighted by Crippen LogP contribution is -2.55. The smallest absolute Gasteiger partial charge is 0.335 e. The minimum absolute atomic E-state index is 0.0516. The van der Waals surface area contributed by atoms with Crippen molar-refractivity contribution in [1.82, 2.24) is 4.31 Å². The van der Waals surface area contributed by atoms with Crippen molar-refractivity contribution in [2.75, 3.05) is 13.7 Å². The Morgan fingerprint density at radius 1 is 0.912 bits per heavy atom. The molecule has 0 radical (unpaired) electrons. The summed E-state index contributed by atoms with van der Waals surface area (Å²) in [4.78, 5) is 12.4. The molecule has 0 unspecified atom stereocenters. The molecule has 3 atom stereocenters. The highest BCUT2D eigenvalue weighted by molar-refractivity contribution is 7.89. The fourth-order valence-corrected chi connectivity index (χ4v) is 6.45. The van der Waals surface area contributed by atoms with Gasteiger partial charge in [0.05, 0.1) is 30.7 Å². The SMILES string of the molecule is COC1=CC(=O)O[C@@H]1[C@@]1(c2ccccc2)OC[C@@H](c2ccccc2)N1S(=O)(=O)c1ccccc1. The average Bonchev–Trinajstić information content (AvgIpc) is 3.47. The highest BCUT2D eigenvalue weighted by Crippen LogP contribution is 2.52. The van der Waals surface area contributed by atoms with Gasteiger partial charge in [-0.1, -0.05) is 78.9 Å². The maximum absolute atomic E-state index is 14.3. The van der Waals surface area contributed by atoms with E-state index in [9.17, 15) is 13.2 Å². The third kappa shape index (κ3) is 3.51. The number of sulfonamides is 1. The summed E-state index contributed by atoms with van der Waals surface area (Å²) in [7, 11) is -2.73. The van der Waals surface area contributed by atoms with Crippen molar-refractivity contribution in [1.29, 1.82) is 0 Å². The molecular weight excluding hydrogens is 454 g/mol. The monoisotopic (exact) mass is 477 g/mol. The Kier molecular flexibility index (Phi) is 5.73.